The van der Waals surface area contributed by atoms with Gasteiger partial charge < -0.3 is 20.4 Å². The number of nitrogen functional groups attached to an aromatic ring is 1. The van der Waals surface area contributed by atoms with E-state index in [-0.39, 0.29) is 34.0 Å². The molecule has 43 heavy (non-hydrogen) atoms. The third-order valence-electron chi connectivity index (χ3n) is 6.50. The van der Waals surface area contributed by atoms with Crippen LogP contribution in [0.3, 0.4) is 0 Å². The van der Waals surface area contributed by atoms with Crippen molar-refractivity contribution in [1.82, 2.24) is 19.5 Å². The monoisotopic (exact) mass is 587 g/mol. The van der Waals surface area contributed by atoms with Crippen LogP contribution in [-0.2, 0) is 18.0 Å². The first-order valence-corrected chi connectivity index (χ1v) is 12.5. The highest BCUT2D eigenvalue weighted by atomic mass is 19.4. The number of anilines is 2. The molecule has 0 aliphatic carbocycles. The molecule has 0 aliphatic rings. The zero-order chi connectivity index (χ0) is 31.1. The van der Waals surface area contributed by atoms with Gasteiger partial charge in [-0.25, -0.2) is 14.4 Å². The number of amides is 1. The van der Waals surface area contributed by atoms with Crippen molar-refractivity contribution in [3.63, 3.8) is 0 Å². The molecule has 216 valence electrons. The summed E-state index contributed by atoms with van der Waals surface area (Å²) in [6.45, 7) is 5.10. The standard InChI is InChI=1S/C30H21F4N7O2/c1-15(2)28(42)39-18-6-9-20(21(31)12-18)26-23(24-25(41(26)3)17(13-35)14-38-27(24)36)16-4-7-19(8-5-16)43-29-37-11-10-22(40-29)30(32,33)34/h4-12,14H,1H2,2-3H3,(H2,36,38)(H,39,42). The minimum atomic E-state index is -4.67. The number of halogens is 4. The summed E-state index contributed by atoms with van der Waals surface area (Å²) in [5.74, 6) is -0.905. The van der Waals surface area contributed by atoms with Gasteiger partial charge >= 0.3 is 12.2 Å². The van der Waals surface area contributed by atoms with Gasteiger partial charge in [0.2, 0.25) is 0 Å². The Morgan fingerprint density at radius 1 is 1.14 bits per heavy atom. The maximum atomic E-state index is 15.7. The first-order valence-electron chi connectivity index (χ1n) is 12.5. The smallest absolute Gasteiger partial charge is 0.424 e. The van der Waals surface area contributed by atoms with Crippen molar-refractivity contribution >= 4 is 28.3 Å². The number of aryl methyl sites for hydroxylation is 1. The number of nitrogens with zero attached hydrogens (tertiary/aromatic N) is 5. The number of alkyl halides is 3. The molecular weight excluding hydrogens is 566 g/mol. The fraction of sp³-hybridized carbons (Fsp3) is 0.100. The molecule has 5 rings (SSSR count). The number of carbonyl (C=O) groups is 1. The summed E-state index contributed by atoms with van der Waals surface area (Å²) in [5, 5.41) is 12.8. The molecule has 0 radical (unpaired) electrons. The Labute approximate surface area is 241 Å². The molecule has 9 nitrogen and oxygen atoms in total. The molecule has 0 bridgehead atoms. The van der Waals surface area contributed by atoms with Crippen LogP contribution in [0.1, 0.15) is 18.2 Å². The highest BCUT2D eigenvalue weighted by Gasteiger charge is 2.33. The molecule has 0 unspecified atom stereocenters. The Kier molecular flexibility index (Phi) is 7.29. The quantitative estimate of drug-likeness (QED) is 0.169. The van der Waals surface area contributed by atoms with E-state index in [4.69, 9.17) is 10.5 Å². The van der Waals surface area contributed by atoms with Crippen molar-refractivity contribution < 1.29 is 27.1 Å². The Balaban J connectivity index is 1.63. The molecule has 3 aromatic heterocycles. The van der Waals surface area contributed by atoms with Crippen molar-refractivity contribution in [2.75, 3.05) is 11.1 Å². The van der Waals surface area contributed by atoms with Crippen molar-refractivity contribution in [2.24, 2.45) is 7.05 Å². The first-order chi connectivity index (χ1) is 20.4. The number of nitrogens with one attached hydrogen (secondary N) is 1. The molecule has 2 aromatic carbocycles. The Morgan fingerprint density at radius 3 is 2.49 bits per heavy atom. The lowest BCUT2D eigenvalue weighted by atomic mass is 9.97. The largest absolute Gasteiger partial charge is 0.433 e. The topological polar surface area (TPSA) is 132 Å². The average Bonchev–Trinajstić information content (AvgIpc) is 3.27. The maximum absolute atomic E-state index is 15.7. The fourth-order valence-electron chi connectivity index (χ4n) is 4.55. The molecule has 0 atom stereocenters. The molecule has 3 heterocycles. The summed E-state index contributed by atoms with van der Waals surface area (Å²) in [4.78, 5) is 23.3. The Hall–Kier alpha value is -5.77. The summed E-state index contributed by atoms with van der Waals surface area (Å²) in [7, 11) is 1.65. The number of fused-ring (bicyclic) bond motifs is 1. The number of nitrogens with two attached hydrogens (primary N) is 1. The van der Waals surface area contributed by atoms with E-state index >= 15 is 4.39 Å². The number of carbonyl (C=O) groups excluding carboxylic acids is 1. The predicted molar refractivity (Wildman–Crippen MR) is 151 cm³/mol. The molecule has 5 aromatic rings. The third kappa shape index (κ3) is 5.45. The minimum Gasteiger partial charge on any atom is -0.424 e. The summed E-state index contributed by atoms with van der Waals surface area (Å²) in [6, 6.07) is 12.6. The number of pyridine rings is 1. The molecule has 13 heteroatoms. The molecule has 0 fully saturated rings. The summed E-state index contributed by atoms with van der Waals surface area (Å²) < 4.78 is 61.9. The van der Waals surface area contributed by atoms with Crippen molar-refractivity contribution in [2.45, 2.75) is 13.1 Å². The van der Waals surface area contributed by atoms with Crippen molar-refractivity contribution in [3.05, 3.63) is 90.2 Å². The average molecular weight is 588 g/mol. The second-order valence-corrected chi connectivity index (χ2v) is 9.45. The molecule has 0 aliphatic heterocycles. The molecule has 0 spiro atoms. The molecule has 1 amide bonds. The van der Waals surface area contributed by atoms with Gasteiger partial charge in [-0.05, 0) is 48.9 Å². The zero-order valence-electron chi connectivity index (χ0n) is 22.6. The molecular formula is C30H21F4N7O2. The van der Waals surface area contributed by atoms with Crippen molar-refractivity contribution in [1.29, 1.82) is 5.26 Å². The van der Waals surface area contributed by atoms with E-state index in [1.807, 2.05) is 0 Å². The maximum Gasteiger partial charge on any atom is 0.433 e. The Morgan fingerprint density at radius 2 is 1.86 bits per heavy atom. The summed E-state index contributed by atoms with van der Waals surface area (Å²) in [5.41, 5.74) is 7.67. The van der Waals surface area contributed by atoms with Crippen LogP contribution < -0.4 is 15.8 Å². The van der Waals surface area contributed by atoms with Crippen molar-refractivity contribution in [3.8, 4) is 40.2 Å². The van der Waals surface area contributed by atoms with Gasteiger partial charge in [-0.3, -0.25) is 4.79 Å². The second-order valence-electron chi connectivity index (χ2n) is 9.45. The van der Waals surface area contributed by atoms with Gasteiger partial charge in [0.25, 0.3) is 5.91 Å². The number of hydrogen-bond donors (Lipinski definition) is 2. The van der Waals surface area contributed by atoms with Crippen LogP contribution in [0.15, 0.2) is 73.1 Å². The lowest BCUT2D eigenvalue weighted by Gasteiger charge is -2.13. The van der Waals surface area contributed by atoms with Crippen LogP contribution in [0.5, 0.6) is 11.8 Å². The SMILES string of the molecule is C=C(C)C(=O)Nc1ccc(-c2c(-c3ccc(Oc4nccc(C(F)(F)F)n4)cc3)c3c(N)ncc(C#N)c3n2C)c(F)c1. The van der Waals surface area contributed by atoms with E-state index in [1.54, 1.807) is 23.7 Å². The highest BCUT2D eigenvalue weighted by molar-refractivity contribution is 6.11. The van der Waals surface area contributed by atoms with Crippen LogP contribution in [0.2, 0.25) is 0 Å². The van der Waals surface area contributed by atoms with E-state index in [2.05, 4.69) is 32.9 Å². The number of aromatic nitrogens is 4. The van der Waals surface area contributed by atoms with Gasteiger partial charge in [0.1, 0.15) is 23.5 Å². The third-order valence-corrected chi connectivity index (χ3v) is 6.50. The van der Waals surface area contributed by atoms with Gasteiger partial charge in [0, 0.05) is 41.8 Å². The predicted octanol–water partition coefficient (Wildman–Crippen LogP) is 6.62. The first kappa shape index (κ1) is 28.7. The van der Waals surface area contributed by atoms with Crippen LogP contribution in [0.4, 0.5) is 29.1 Å². The second kappa shape index (κ2) is 10.9. The van der Waals surface area contributed by atoms with E-state index < -0.39 is 29.6 Å². The van der Waals surface area contributed by atoms with Gasteiger partial charge in [0.05, 0.1) is 22.2 Å². The number of hydrogen-bond acceptors (Lipinski definition) is 7. The van der Waals surface area contributed by atoms with Gasteiger partial charge in [-0.15, -0.1) is 0 Å². The van der Waals surface area contributed by atoms with E-state index in [9.17, 15) is 23.2 Å². The summed E-state index contributed by atoms with van der Waals surface area (Å²) in [6.07, 6.45) is -2.41. The van der Waals surface area contributed by atoms with Gasteiger partial charge in [0.15, 0.2) is 5.69 Å². The molecule has 0 saturated heterocycles. The van der Waals surface area contributed by atoms with Gasteiger partial charge in [-0.2, -0.15) is 23.4 Å². The van der Waals surface area contributed by atoms with Gasteiger partial charge in [-0.1, -0.05) is 18.7 Å². The Bertz CT molecular complexity index is 1960. The number of ether oxygens (including phenoxy) is 1. The minimum absolute atomic E-state index is 0.0919. The lowest BCUT2D eigenvalue weighted by molar-refractivity contribution is -0.141. The molecule has 0 saturated carbocycles. The van der Waals surface area contributed by atoms with Crippen LogP contribution in [0, 0.1) is 17.1 Å². The van der Waals surface area contributed by atoms with E-state index in [0.29, 0.717) is 27.7 Å². The van der Waals surface area contributed by atoms with Crippen LogP contribution >= 0.6 is 0 Å². The van der Waals surface area contributed by atoms with E-state index in [0.717, 1.165) is 18.3 Å². The van der Waals surface area contributed by atoms with E-state index in [1.165, 1.54) is 37.4 Å². The number of benzene rings is 2. The number of rotatable bonds is 6. The normalized spacial score (nSPS) is 11.3. The van der Waals surface area contributed by atoms with Crippen LogP contribution in [-0.4, -0.2) is 25.4 Å². The number of nitriles is 1. The van der Waals surface area contributed by atoms with Crippen LogP contribution in [0.25, 0.3) is 33.3 Å². The fourth-order valence-corrected chi connectivity index (χ4v) is 4.55. The summed E-state index contributed by atoms with van der Waals surface area (Å²) >= 11 is 0. The molecule has 3 N–H and O–H groups in total. The highest BCUT2D eigenvalue weighted by Crippen LogP contribution is 2.44. The zero-order valence-corrected chi connectivity index (χ0v) is 22.6. The lowest BCUT2D eigenvalue weighted by Crippen LogP contribution is -2.12.